The molecule has 0 radical (unpaired) electrons. The van der Waals surface area contributed by atoms with Gasteiger partial charge in [-0.3, -0.25) is 8.37 Å². The zero-order chi connectivity index (χ0) is 11.0. The highest BCUT2D eigenvalue weighted by Gasteiger charge is 2.40. The van der Waals surface area contributed by atoms with Crippen molar-refractivity contribution in [3.05, 3.63) is 12.7 Å². The summed E-state index contributed by atoms with van der Waals surface area (Å²) in [6, 6.07) is 0. The summed E-state index contributed by atoms with van der Waals surface area (Å²) >= 11 is 0. The molecule has 1 fully saturated rings. The lowest BCUT2D eigenvalue weighted by atomic mass is 10.4. The molecule has 0 spiro atoms. The van der Waals surface area contributed by atoms with Crippen LogP contribution in [0.2, 0.25) is 0 Å². The molecular weight excluding hydrogens is 232 g/mol. The molecule has 82 valence electrons. The van der Waals surface area contributed by atoms with Crippen molar-refractivity contribution in [1.82, 2.24) is 0 Å². The zero-order valence-corrected chi connectivity index (χ0v) is 9.05. The molecule has 0 N–H and O–H groups in total. The van der Waals surface area contributed by atoms with Crippen LogP contribution in [0.15, 0.2) is 12.7 Å². The maximum Gasteiger partial charge on any atom is 0.287 e. The predicted octanol–water partition coefficient (Wildman–Crippen LogP) is -0.407. The Hall–Kier alpha value is -0.440. The Morgan fingerprint density at radius 1 is 1.29 bits per heavy atom. The van der Waals surface area contributed by atoms with Gasteiger partial charge in [0, 0.05) is 0 Å². The van der Waals surface area contributed by atoms with E-state index in [1.54, 1.807) is 0 Å². The highest BCUT2D eigenvalue weighted by Crippen LogP contribution is 2.20. The van der Waals surface area contributed by atoms with Crippen LogP contribution in [0, 0.1) is 0 Å². The van der Waals surface area contributed by atoms with E-state index in [-0.39, 0.29) is 6.61 Å². The first kappa shape index (κ1) is 11.6. The van der Waals surface area contributed by atoms with Crippen molar-refractivity contribution in [2.75, 3.05) is 6.61 Å². The predicted molar refractivity (Wildman–Crippen MR) is 48.3 cm³/mol. The minimum absolute atomic E-state index is 0.366. The van der Waals surface area contributed by atoms with E-state index in [4.69, 9.17) is 0 Å². The van der Waals surface area contributed by atoms with E-state index in [0.717, 1.165) is 6.92 Å². The second-order valence-corrected chi connectivity index (χ2v) is 6.82. The third-order valence-corrected chi connectivity index (χ3v) is 5.75. The molecule has 1 aliphatic rings. The Bertz CT molecular complexity index is 419. The highest BCUT2D eigenvalue weighted by atomic mass is 32.3. The summed E-state index contributed by atoms with van der Waals surface area (Å²) in [4.78, 5) is 0. The monoisotopic (exact) mass is 242 g/mol. The minimum Gasteiger partial charge on any atom is -0.266 e. The third-order valence-electron chi connectivity index (χ3n) is 1.73. The average molecular weight is 242 g/mol. The summed E-state index contributed by atoms with van der Waals surface area (Å²) in [5, 5.41) is 0. The van der Waals surface area contributed by atoms with Crippen molar-refractivity contribution >= 4 is 20.2 Å². The van der Waals surface area contributed by atoms with Gasteiger partial charge in [-0.2, -0.15) is 16.8 Å². The van der Waals surface area contributed by atoms with E-state index in [9.17, 15) is 16.8 Å². The van der Waals surface area contributed by atoms with E-state index in [0.29, 0.717) is 0 Å². The van der Waals surface area contributed by atoms with Gasteiger partial charge in [0.2, 0.25) is 4.58 Å². The maximum atomic E-state index is 11.3. The van der Waals surface area contributed by atoms with E-state index < -0.39 is 30.9 Å². The van der Waals surface area contributed by atoms with Crippen LogP contribution in [-0.4, -0.2) is 34.1 Å². The lowest BCUT2D eigenvalue weighted by Gasteiger charge is -2.08. The van der Waals surface area contributed by atoms with Gasteiger partial charge in [-0.25, -0.2) is 0 Å². The average Bonchev–Trinajstić information content (AvgIpc) is 2.16. The Balaban J connectivity index is 3.16. The Morgan fingerprint density at radius 2 is 1.86 bits per heavy atom. The normalized spacial score (nSPS) is 35.8. The molecule has 14 heavy (non-hydrogen) atoms. The zero-order valence-electron chi connectivity index (χ0n) is 7.41. The number of hydrogen-bond donors (Lipinski definition) is 0. The van der Waals surface area contributed by atoms with E-state index in [2.05, 4.69) is 14.9 Å². The van der Waals surface area contributed by atoms with E-state index in [1.807, 2.05) is 0 Å². The van der Waals surface area contributed by atoms with Crippen LogP contribution in [0.4, 0.5) is 0 Å². The van der Waals surface area contributed by atoms with Crippen LogP contribution in [0.25, 0.3) is 0 Å². The van der Waals surface area contributed by atoms with E-state index >= 15 is 0 Å². The first-order chi connectivity index (χ1) is 6.29. The van der Waals surface area contributed by atoms with Gasteiger partial charge in [0.1, 0.15) is 6.10 Å². The van der Waals surface area contributed by atoms with Gasteiger partial charge in [0.25, 0.3) is 20.2 Å². The molecule has 0 saturated carbocycles. The van der Waals surface area contributed by atoms with Gasteiger partial charge < -0.3 is 0 Å². The fourth-order valence-electron chi connectivity index (χ4n) is 0.788. The smallest absolute Gasteiger partial charge is 0.266 e. The quantitative estimate of drug-likeness (QED) is 0.459. The molecule has 0 aromatic rings. The molecule has 0 amide bonds. The fraction of sp³-hybridized carbons (Fsp3) is 0.667. The minimum atomic E-state index is -4.15. The van der Waals surface area contributed by atoms with Crippen molar-refractivity contribution in [3.63, 3.8) is 0 Å². The molecule has 6 nitrogen and oxygen atoms in total. The lowest BCUT2D eigenvalue weighted by molar-refractivity contribution is 0.183. The summed E-state index contributed by atoms with van der Waals surface area (Å²) in [6.07, 6.45) is 0.213. The van der Waals surface area contributed by atoms with Gasteiger partial charge in [-0.1, -0.05) is 6.08 Å². The Labute approximate surface area is 82.8 Å². The molecule has 2 atom stereocenters. The molecule has 0 aromatic heterocycles. The molecule has 1 rings (SSSR count). The fourth-order valence-corrected chi connectivity index (χ4v) is 3.40. The first-order valence-electron chi connectivity index (χ1n) is 3.72. The van der Waals surface area contributed by atoms with Gasteiger partial charge >= 0.3 is 0 Å². The van der Waals surface area contributed by atoms with Gasteiger partial charge in [-0.05, 0) is 6.92 Å². The molecule has 0 bridgehead atoms. The van der Waals surface area contributed by atoms with Crippen LogP contribution in [-0.2, 0) is 28.6 Å². The van der Waals surface area contributed by atoms with Crippen molar-refractivity contribution < 1.29 is 25.2 Å². The summed E-state index contributed by atoms with van der Waals surface area (Å²) < 4.78 is 52.1. The maximum absolute atomic E-state index is 11.3. The topological polar surface area (TPSA) is 86.7 Å². The molecule has 0 aliphatic carbocycles. The van der Waals surface area contributed by atoms with Crippen LogP contribution in [0.5, 0.6) is 0 Å². The Morgan fingerprint density at radius 3 is 2.36 bits per heavy atom. The van der Waals surface area contributed by atoms with Crippen LogP contribution < -0.4 is 0 Å². The van der Waals surface area contributed by atoms with Crippen LogP contribution >= 0.6 is 0 Å². The largest absolute Gasteiger partial charge is 0.287 e. The molecule has 1 saturated heterocycles. The molecule has 8 heteroatoms. The lowest BCUT2D eigenvalue weighted by Crippen LogP contribution is -2.27. The SMILES string of the molecule is C=CC1COS(=O)(=O)C(C)S(=O)(=O)O1. The van der Waals surface area contributed by atoms with Crippen molar-refractivity contribution in [2.45, 2.75) is 17.6 Å². The summed E-state index contributed by atoms with van der Waals surface area (Å²) in [5.74, 6) is 0. The third kappa shape index (κ3) is 2.14. The number of rotatable bonds is 1. The second-order valence-electron chi connectivity index (χ2n) is 2.71. The van der Waals surface area contributed by atoms with E-state index in [1.165, 1.54) is 6.08 Å². The summed E-state index contributed by atoms with van der Waals surface area (Å²) in [7, 11) is -8.26. The second kappa shape index (κ2) is 3.61. The van der Waals surface area contributed by atoms with Gasteiger partial charge in [0.05, 0.1) is 6.61 Å². The first-order valence-corrected chi connectivity index (χ1v) is 6.67. The van der Waals surface area contributed by atoms with Crippen molar-refractivity contribution in [1.29, 1.82) is 0 Å². The standard InChI is InChI=1S/C6H10O6S2/c1-3-6-4-11-13(7,8)5(2)14(9,10)12-6/h3,5-6H,1,4H2,2H3. The molecule has 1 aliphatic heterocycles. The summed E-state index contributed by atoms with van der Waals surface area (Å²) in [6.45, 7) is 3.93. The number of hydrogen-bond acceptors (Lipinski definition) is 6. The van der Waals surface area contributed by atoms with Crippen molar-refractivity contribution in [3.8, 4) is 0 Å². The Kier molecular flexibility index (Phi) is 3.00. The highest BCUT2D eigenvalue weighted by molar-refractivity contribution is 8.04. The van der Waals surface area contributed by atoms with Gasteiger partial charge in [-0.15, -0.1) is 6.58 Å². The summed E-state index contributed by atoms with van der Waals surface area (Å²) in [5.41, 5.74) is 0. The van der Waals surface area contributed by atoms with Crippen LogP contribution in [0.3, 0.4) is 0 Å². The molecular formula is C6H10O6S2. The molecule has 2 unspecified atom stereocenters. The van der Waals surface area contributed by atoms with Gasteiger partial charge in [0.15, 0.2) is 0 Å². The van der Waals surface area contributed by atoms with Crippen molar-refractivity contribution in [2.24, 2.45) is 0 Å². The van der Waals surface area contributed by atoms with Crippen LogP contribution in [0.1, 0.15) is 6.92 Å². The molecule has 1 heterocycles. The molecule has 0 aromatic carbocycles.